The summed E-state index contributed by atoms with van der Waals surface area (Å²) < 4.78 is 3.86. The molecule has 0 heterocycles. The Labute approximate surface area is 77.1 Å². The number of carbonyl (C=O) groups is 1. The van der Waals surface area contributed by atoms with Gasteiger partial charge >= 0.3 is 0 Å². The van der Waals surface area contributed by atoms with Crippen molar-refractivity contribution in [3.63, 3.8) is 0 Å². The highest BCUT2D eigenvalue weighted by Gasteiger charge is 2.19. The second-order valence-corrected chi connectivity index (χ2v) is 2.88. The first-order valence-electron chi connectivity index (χ1n) is 3.78. The van der Waals surface area contributed by atoms with E-state index in [9.17, 15) is 5.11 Å². The summed E-state index contributed by atoms with van der Waals surface area (Å²) in [6.45, 7) is 2.03. The molecule has 0 aromatic heterocycles. The number of rotatable bonds is 1. The molecule has 74 valence electrons. The normalized spacial score (nSPS) is 25.3. The minimum atomic E-state index is -0.848. The Morgan fingerprint density at radius 2 is 2.23 bits per heavy atom. The van der Waals surface area contributed by atoms with Crippen LogP contribution >= 0.6 is 0 Å². The van der Waals surface area contributed by atoms with Gasteiger partial charge in [-0.3, -0.25) is 4.79 Å². The molecule has 2 N–H and O–H groups in total. The molecule has 1 aliphatic rings. The fourth-order valence-electron chi connectivity index (χ4n) is 0.851. The molecule has 1 atom stereocenters. The lowest BCUT2D eigenvalue weighted by Gasteiger charge is -2.20. The third kappa shape index (κ3) is 5.93. The van der Waals surface area contributed by atoms with Crippen molar-refractivity contribution in [1.82, 2.24) is 0 Å². The summed E-state index contributed by atoms with van der Waals surface area (Å²) in [6.07, 6.45) is 5.22. The van der Waals surface area contributed by atoms with Crippen molar-refractivity contribution in [2.24, 2.45) is 0 Å². The van der Waals surface area contributed by atoms with E-state index in [0.717, 1.165) is 0 Å². The molecule has 0 saturated heterocycles. The summed E-state index contributed by atoms with van der Waals surface area (Å²) >= 11 is 0. The van der Waals surface area contributed by atoms with E-state index in [1.807, 2.05) is 0 Å². The molecule has 0 aromatic carbocycles. The van der Waals surface area contributed by atoms with Gasteiger partial charge in [0.05, 0.1) is 18.5 Å². The molecule has 0 aliphatic heterocycles. The van der Waals surface area contributed by atoms with E-state index in [1.165, 1.54) is 7.11 Å². The first kappa shape index (κ1) is 11.7. The highest BCUT2D eigenvalue weighted by atomic mass is 16.5. The van der Waals surface area contributed by atoms with Gasteiger partial charge in [0.25, 0.3) is 6.47 Å². The van der Waals surface area contributed by atoms with Gasteiger partial charge in [0.2, 0.25) is 0 Å². The molecule has 13 heavy (non-hydrogen) atoms. The average molecular weight is 186 g/mol. The van der Waals surface area contributed by atoms with Gasteiger partial charge in [0, 0.05) is 6.42 Å². The van der Waals surface area contributed by atoms with E-state index < -0.39 is 5.60 Å². The van der Waals surface area contributed by atoms with Gasteiger partial charge in [-0.15, -0.1) is 0 Å². The van der Waals surface area contributed by atoms with Crippen LogP contribution in [0.1, 0.15) is 13.3 Å². The minimum Gasteiger partial charge on any atom is -0.512 e. The Hall–Kier alpha value is -1.29. The number of aliphatic hydroxyl groups is 2. The molecule has 4 heteroatoms. The molecular formula is C9H14O4. The Morgan fingerprint density at radius 1 is 1.69 bits per heavy atom. The molecule has 0 amide bonds. The van der Waals surface area contributed by atoms with Crippen molar-refractivity contribution >= 4 is 6.47 Å². The van der Waals surface area contributed by atoms with Crippen LogP contribution in [0, 0.1) is 0 Å². The monoisotopic (exact) mass is 186 g/mol. The Morgan fingerprint density at radius 3 is 2.46 bits per heavy atom. The van der Waals surface area contributed by atoms with Crippen LogP contribution in [0.5, 0.6) is 0 Å². The lowest BCUT2D eigenvalue weighted by Crippen LogP contribution is -2.22. The Bertz CT molecular complexity index is 216. The van der Waals surface area contributed by atoms with Crippen LogP contribution in [0.15, 0.2) is 24.0 Å². The summed E-state index contributed by atoms with van der Waals surface area (Å²) in [5.41, 5.74) is -0.848. The fraction of sp³-hybridized carbons (Fsp3) is 0.444. The van der Waals surface area contributed by atoms with E-state index in [-0.39, 0.29) is 5.76 Å². The molecule has 0 saturated carbocycles. The van der Waals surface area contributed by atoms with Crippen LogP contribution in [0.2, 0.25) is 0 Å². The maximum Gasteiger partial charge on any atom is 0.292 e. The van der Waals surface area contributed by atoms with Gasteiger partial charge < -0.3 is 14.9 Å². The molecule has 1 rings (SSSR count). The smallest absolute Gasteiger partial charge is 0.292 e. The number of ether oxygens (including phenoxy) is 1. The maximum absolute atomic E-state index is 9.26. The summed E-state index contributed by atoms with van der Waals surface area (Å²) in [7, 11) is 1.31. The van der Waals surface area contributed by atoms with Crippen molar-refractivity contribution < 1.29 is 19.7 Å². The molecule has 0 bridgehead atoms. The minimum absolute atomic E-state index is 0.238. The number of carbonyl (C=O) groups excluding carboxylic acids is 1. The lowest BCUT2D eigenvalue weighted by atomic mass is 9.97. The van der Waals surface area contributed by atoms with Crippen molar-refractivity contribution in [2.75, 3.05) is 7.11 Å². The van der Waals surface area contributed by atoms with Gasteiger partial charge in [0.1, 0.15) is 0 Å². The maximum atomic E-state index is 9.26. The summed E-state index contributed by atoms with van der Waals surface area (Å²) in [6, 6.07) is 0. The zero-order valence-electron chi connectivity index (χ0n) is 7.73. The van der Waals surface area contributed by atoms with E-state index in [4.69, 9.17) is 9.90 Å². The van der Waals surface area contributed by atoms with E-state index in [0.29, 0.717) is 12.9 Å². The van der Waals surface area contributed by atoms with Gasteiger partial charge in [-0.2, -0.15) is 0 Å². The SMILES string of the molecule is CC1(O)C=CC=C(O)C1.COC=O. The molecule has 0 spiro atoms. The van der Waals surface area contributed by atoms with Crippen LogP contribution in [-0.4, -0.2) is 29.4 Å². The molecule has 0 fully saturated rings. The Kier molecular flexibility index (Phi) is 4.84. The zero-order chi connectivity index (χ0) is 10.3. The predicted octanol–water partition coefficient (Wildman–Crippen LogP) is 0.928. The first-order chi connectivity index (χ1) is 6.02. The Balaban J connectivity index is 0.000000310. The van der Waals surface area contributed by atoms with Crippen molar-refractivity contribution in [3.8, 4) is 0 Å². The molecule has 0 radical (unpaired) electrons. The standard InChI is InChI=1S/C7H10O2.C2H4O2/c1-7(9)4-2-3-6(8)5-7;1-4-2-3/h2-4,8-9H,5H2,1H3;2H,1H3. The highest BCUT2D eigenvalue weighted by Crippen LogP contribution is 2.19. The second-order valence-electron chi connectivity index (χ2n) is 2.88. The zero-order valence-corrected chi connectivity index (χ0v) is 7.73. The summed E-state index contributed by atoms with van der Waals surface area (Å²) in [5, 5.41) is 18.2. The third-order valence-corrected chi connectivity index (χ3v) is 1.38. The molecule has 0 aromatic rings. The molecular weight excluding hydrogens is 172 g/mol. The largest absolute Gasteiger partial charge is 0.512 e. The summed E-state index contributed by atoms with van der Waals surface area (Å²) in [4.78, 5) is 8.95. The fourth-order valence-corrected chi connectivity index (χ4v) is 0.851. The number of methoxy groups -OCH3 is 1. The number of hydrogen-bond donors (Lipinski definition) is 2. The van der Waals surface area contributed by atoms with Crippen LogP contribution in [-0.2, 0) is 9.53 Å². The van der Waals surface area contributed by atoms with Gasteiger partial charge in [-0.25, -0.2) is 0 Å². The number of aliphatic hydroxyl groups excluding tert-OH is 1. The van der Waals surface area contributed by atoms with Gasteiger partial charge in [0.15, 0.2) is 0 Å². The second kappa shape index (κ2) is 5.37. The van der Waals surface area contributed by atoms with Gasteiger partial charge in [-0.1, -0.05) is 12.2 Å². The average Bonchev–Trinajstić information content (AvgIpc) is 2.02. The van der Waals surface area contributed by atoms with Crippen LogP contribution in [0.3, 0.4) is 0 Å². The van der Waals surface area contributed by atoms with Crippen LogP contribution in [0.4, 0.5) is 0 Å². The van der Waals surface area contributed by atoms with E-state index in [2.05, 4.69) is 4.74 Å². The van der Waals surface area contributed by atoms with Crippen LogP contribution < -0.4 is 0 Å². The third-order valence-electron chi connectivity index (χ3n) is 1.38. The quantitative estimate of drug-likeness (QED) is 0.598. The molecule has 1 aliphatic carbocycles. The summed E-state index contributed by atoms with van der Waals surface area (Å²) in [5.74, 6) is 0.238. The van der Waals surface area contributed by atoms with Crippen molar-refractivity contribution in [3.05, 3.63) is 24.0 Å². The molecule has 4 nitrogen and oxygen atoms in total. The van der Waals surface area contributed by atoms with Gasteiger partial charge in [-0.05, 0) is 13.0 Å². The highest BCUT2D eigenvalue weighted by molar-refractivity contribution is 5.36. The molecule has 1 unspecified atom stereocenters. The van der Waals surface area contributed by atoms with Crippen molar-refractivity contribution in [1.29, 1.82) is 0 Å². The lowest BCUT2D eigenvalue weighted by molar-refractivity contribution is -0.126. The van der Waals surface area contributed by atoms with Crippen molar-refractivity contribution in [2.45, 2.75) is 18.9 Å². The number of hydrogen-bond acceptors (Lipinski definition) is 4. The topological polar surface area (TPSA) is 66.8 Å². The number of allylic oxidation sites excluding steroid dienone is 2. The van der Waals surface area contributed by atoms with Crippen LogP contribution in [0.25, 0.3) is 0 Å². The van der Waals surface area contributed by atoms with E-state index >= 15 is 0 Å². The van der Waals surface area contributed by atoms with E-state index in [1.54, 1.807) is 25.2 Å². The predicted molar refractivity (Wildman–Crippen MR) is 48.2 cm³/mol. The first-order valence-corrected chi connectivity index (χ1v) is 3.78.